The molecule has 0 heterocycles. The minimum atomic E-state index is -0.725. The largest absolute Gasteiger partial charge is 0.374 e. The Labute approximate surface area is 113 Å². The van der Waals surface area contributed by atoms with Crippen LogP contribution >= 0.6 is 15.9 Å². The maximum Gasteiger partial charge on any atom is 0.239 e. The molecule has 0 aliphatic heterocycles. The first-order valence-electron chi connectivity index (χ1n) is 5.69. The van der Waals surface area contributed by atoms with E-state index in [-0.39, 0.29) is 22.6 Å². The highest BCUT2D eigenvalue weighted by Crippen LogP contribution is 2.23. The van der Waals surface area contributed by atoms with Crippen molar-refractivity contribution < 1.29 is 13.6 Å². The van der Waals surface area contributed by atoms with E-state index in [1.807, 2.05) is 6.92 Å². The zero-order valence-electron chi connectivity index (χ0n) is 10.0. The Morgan fingerprint density at radius 2 is 2.06 bits per heavy atom. The van der Waals surface area contributed by atoms with E-state index in [0.717, 1.165) is 18.9 Å². The van der Waals surface area contributed by atoms with Gasteiger partial charge in [-0.2, -0.15) is 0 Å². The van der Waals surface area contributed by atoms with E-state index in [0.29, 0.717) is 6.54 Å². The normalized spacial score (nSPS) is 10.2. The van der Waals surface area contributed by atoms with Crippen LogP contribution < -0.4 is 10.6 Å². The van der Waals surface area contributed by atoms with Crippen molar-refractivity contribution in [2.75, 3.05) is 18.4 Å². The number of benzene rings is 1. The van der Waals surface area contributed by atoms with Gasteiger partial charge in [0.05, 0.1) is 16.7 Å². The van der Waals surface area contributed by atoms with Crippen LogP contribution in [0.3, 0.4) is 0 Å². The molecule has 0 saturated carbocycles. The third-order valence-corrected chi connectivity index (χ3v) is 2.91. The van der Waals surface area contributed by atoms with E-state index in [2.05, 4.69) is 26.6 Å². The third-order valence-electron chi connectivity index (χ3n) is 2.30. The van der Waals surface area contributed by atoms with Gasteiger partial charge in [-0.15, -0.1) is 0 Å². The molecule has 0 saturated heterocycles. The first-order valence-corrected chi connectivity index (χ1v) is 6.49. The van der Waals surface area contributed by atoms with Crippen LogP contribution in [-0.4, -0.2) is 19.0 Å². The smallest absolute Gasteiger partial charge is 0.239 e. The molecule has 6 heteroatoms. The number of unbranched alkanes of at least 4 members (excludes halogenated alkanes) is 1. The van der Waals surface area contributed by atoms with Crippen LogP contribution in [0.2, 0.25) is 0 Å². The Morgan fingerprint density at radius 3 is 2.72 bits per heavy atom. The van der Waals surface area contributed by atoms with Gasteiger partial charge >= 0.3 is 0 Å². The summed E-state index contributed by atoms with van der Waals surface area (Å²) in [5.74, 6) is -1.62. The zero-order chi connectivity index (χ0) is 13.5. The zero-order valence-corrected chi connectivity index (χ0v) is 11.6. The molecule has 1 amide bonds. The van der Waals surface area contributed by atoms with Crippen LogP contribution in [0, 0.1) is 11.6 Å². The Morgan fingerprint density at radius 1 is 1.33 bits per heavy atom. The van der Waals surface area contributed by atoms with Crippen molar-refractivity contribution in [3.05, 3.63) is 28.2 Å². The summed E-state index contributed by atoms with van der Waals surface area (Å²) in [4.78, 5) is 11.4. The van der Waals surface area contributed by atoms with Gasteiger partial charge < -0.3 is 10.6 Å². The van der Waals surface area contributed by atoms with Gasteiger partial charge in [0.15, 0.2) is 0 Å². The van der Waals surface area contributed by atoms with E-state index in [4.69, 9.17) is 0 Å². The fourth-order valence-corrected chi connectivity index (χ4v) is 1.64. The fraction of sp³-hybridized carbons (Fsp3) is 0.417. The van der Waals surface area contributed by atoms with Crippen molar-refractivity contribution in [3.63, 3.8) is 0 Å². The van der Waals surface area contributed by atoms with Gasteiger partial charge in [0.2, 0.25) is 5.91 Å². The number of hydrogen-bond donors (Lipinski definition) is 2. The van der Waals surface area contributed by atoms with Crippen LogP contribution in [0.15, 0.2) is 16.6 Å². The number of halogens is 3. The molecular weight excluding hydrogens is 306 g/mol. The standard InChI is InChI=1S/C12H15BrF2N2O/c1-2-3-4-16-12(18)7-17-11-5-8(13)9(14)6-10(11)15/h5-6,17H,2-4,7H2,1H3,(H,16,18). The van der Waals surface area contributed by atoms with Crippen molar-refractivity contribution in [3.8, 4) is 0 Å². The molecule has 0 atom stereocenters. The highest BCUT2D eigenvalue weighted by molar-refractivity contribution is 9.10. The minimum Gasteiger partial charge on any atom is -0.374 e. The van der Waals surface area contributed by atoms with Gasteiger partial charge in [-0.25, -0.2) is 8.78 Å². The summed E-state index contributed by atoms with van der Waals surface area (Å²) >= 11 is 2.96. The molecule has 18 heavy (non-hydrogen) atoms. The average molecular weight is 321 g/mol. The van der Waals surface area contributed by atoms with E-state index < -0.39 is 11.6 Å². The molecule has 0 fully saturated rings. The predicted octanol–water partition coefficient (Wildman–Crippen LogP) is 3.06. The summed E-state index contributed by atoms with van der Waals surface area (Å²) in [6, 6.07) is 2.03. The summed E-state index contributed by atoms with van der Waals surface area (Å²) in [6.07, 6.45) is 1.90. The summed E-state index contributed by atoms with van der Waals surface area (Å²) < 4.78 is 26.5. The van der Waals surface area contributed by atoms with Gasteiger partial charge in [-0.05, 0) is 28.4 Å². The number of anilines is 1. The third kappa shape index (κ3) is 4.60. The van der Waals surface area contributed by atoms with Crippen molar-refractivity contribution >= 4 is 27.5 Å². The number of amides is 1. The maximum atomic E-state index is 13.3. The molecule has 2 N–H and O–H groups in total. The Balaban J connectivity index is 2.48. The highest BCUT2D eigenvalue weighted by atomic mass is 79.9. The average Bonchev–Trinajstić information content (AvgIpc) is 2.32. The first-order chi connectivity index (χ1) is 8.54. The van der Waals surface area contributed by atoms with Gasteiger partial charge in [-0.1, -0.05) is 13.3 Å². The monoisotopic (exact) mass is 320 g/mol. The van der Waals surface area contributed by atoms with Crippen molar-refractivity contribution in [1.82, 2.24) is 5.32 Å². The Hall–Kier alpha value is -1.17. The predicted molar refractivity (Wildman–Crippen MR) is 70.5 cm³/mol. The lowest BCUT2D eigenvalue weighted by Crippen LogP contribution is -2.30. The maximum absolute atomic E-state index is 13.3. The van der Waals surface area contributed by atoms with E-state index in [1.54, 1.807) is 0 Å². The second-order valence-corrected chi connectivity index (χ2v) is 4.66. The molecule has 100 valence electrons. The highest BCUT2D eigenvalue weighted by Gasteiger charge is 2.09. The molecule has 0 spiro atoms. The molecule has 1 rings (SSSR count). The van der Waals surface area contributed by atoms with Crippen LogP contribution in [-0.2, 0) is 4.79 Å². The second-order valence-electron chi connectivity index (χ2n) is 3.80. The summed E-state index contributed by atoms with van der Waals surface area (Å²) in [6.45, 7) is 2.58. The summed E-state index contributed by atoms with van der Waals surface area (Å²) in [5, 5.41) is 5.31. The molecule has 0 aliphatic rings. The SMILES string of the molecule is CCCCNC(=O)CNc1cc(Br)c(F)cc1F. The molecule has 0 bridgehead atoms. The van der Waals surface area contributed by atoms with Gasteiger partial charge in [0.1, 0.15) is 11.6 Å². The van der Waals surface area contributed by atoms with Crippen molar-refractivity contribution in [2.24, 2.45) is 0 Å². The van der Waals surface area contributed by atoms with E-state index >= 15 is 0 Å². The number of nitrogens with one attached hydrogen (secondary N) is 2. The van der Waals surface area contributed by atoms with Crippen LogP contribution in [0.25, 0.3) is 0 Å². The molecular formula is C12H15BrF2N2O. The molecule has 3 nitrogen and oxygen atoms in total. The lowest BCUT2D eigenvalue weighted by Gasteiger charge is -2.09. The fourth-order valence-electron chi connectivity index (χ4n) is 1.30. The lowest BCUT2D eigenvalue weighted by molar-refractivity contribution is -0.119. The van der Waals surface area contributed by atoms with Crippen molar-refractivity contribution in [2.45, 2.75) is 19.8 Å². The number of rotatable bonds is 6. The molecule has 0 aromatic heterocycles. The molecule has 0 radical (unpaired) electrons. The summed E-state index contributed by atoms with van der Waals surface area (Å²) in [5.41, 5.74) is 0.0916. The van der Waals surface area contributed by atoms with E-state index in [1.165, 1.54) is 6.07 Å². The van der Waals surface area contributed by atoms with Gasteiger partial charge in [0.25, 0.3) is 0 Å². The van der Waals surface area contributed by atoms with Crippen LogP contribution in [0.4, 0.5) is 14.5 Å². The quantitative estimate of drug-likeness (QED) is 0.625. The first kappa shape index (κ1) is 14.9. The number of carbonyl (C=O) groups excluding carboxylic acids is 1. The Bertz CT molecular complexity index is 427. The van der Waals surface area contributed by atoms with Gasteiger partial charge in [-0.3, -0.25) is 4.79 Å². The van der Waals surface area contributed by atoms with E-state index in [9.17, 15) is 13.6 Å². The lowest BCUT2D eigenvalue weighted by atomic mass is 10.3. The molecule has 1 aromatic rings. The van der Waals surface area contributed by atoms with Crippen molar-refractivity contribution in [1.29, 1.82) is 0 Å². The van der Waals surface area contributed by atoms with Crippen LogP contribution in [0.1, 0.15) is 19.8 Å². The van der Waals surface area contributed by atoms with Crippen LogP contribution in [0.5, 0.6) is 0 Å². The second kappa shape index (κ2) is 7.31. The number of hydrogen-bond acceptors (Lipinski definition) is 2. The summed E-state index contributed by atoms with van der Waals surface area (Å²) in [7, 11) is 0. The number of carbonyl (C=O) groups is 1. The molecule has 1 aromatic carbocycles. The minimum absolute atomic E-state index is 0.0429. The molecule has 0 aliphatic carbocycles. The Kier molecular flexibility index (Phi) is 6.04. The molecule has 0 unspecified atom stereocenters. The van der Waals surface area contributed by atoms with Gasteiger partial charge in [0, 0.05) is 12.6 Å². The topological polar surface area (TPSA) is 41.1 Å².